The second-order valence-corrected chi connectivity index (χ2v) is 8.26. The largest absolute Gasteiger partial charge is 0.573 e. The van der Waals surface area contributed by atoms with Crippen LogP contribution in [0.1, 0.15) is 12.5 Å². The molecule has 0 aliphatic heterocycles. The van der Waals surface area contributed by atoms with Crippen molar-refractivity contribution in [1.29, 1.82) is 0 Å². The van der Waals surface area contributed by atoms with E-state index in [1.165, 1.54) is 25.2 Å². The highest BCUT2D eigenvalue weighted by Gasteiger charge is 2.34. The summed E-state index contributed by atoms with van der Waals surface area (Å²) in [6.45, 7) is 0.865. The van der Waals surface area contributed by atoms with Crippen molar-refractivity contribution in [2.75, 3.05) is 7.05 Å². The number of alkyl halides is 3. The van der Waals surface area contributed by atoms with Crippen molar-refractivity contribution in [2.45, 2.75) is 30.0 Å². The molecule has 2 aromatic rings. The quantitative estimate of drug-likeness (QED) is 0.531. The molecule has 0 aromatic heterocycles. The molecule has 28 heavy (non-hydrogen) atoms. The highest BCUT2D eigenvalue weighted by molar-refractivity contribution is 7.92. The lowest BCUT2D eigenvalue weighted by molar-refractivity contribution is -0.275. The zero-order valence-corrected chi connectivity index (χ0v) is 15.7. The Morgan fingerprint density at radius 2 is 1.68 bits per heavy atom. The molecule has 10 heteroatoms. The number of carbonyl (C=O) groups is 1. The van der Waals surface area contributed by atoms with E-state index in [0.717, 1.165) is 42.2 Å². The van der Waals surface area contributed by atoms with Gasteiger partial charge in [0.25, 0.3) is 0 Å². The molecule has 1 unspecified atom stereocenters. The average Bonchev–Trinajstić information content (AvgIpc) is 2.61. The van der Waals surface area contributed by atoms with E-state index in [0.29, 0.717) is 0 Å². The van der Waals surface area contributed by atoms with Gasteiger partial charge in [0.15, 0.2) is 9.84 Å². The maximum absolute atomic E-state index is 13.0. The third kappa shape index (κ3) is 5.22. The number of hydrogen-bond donors (Lipinski definition) is 0. The van der Waals surface area contributed by atoms with Crippen molar-refractivity contribution in [1.82, 2.24) is 4.90 Å². The van der Waals surface area contributed by atoms with Crippen molar-refractivity contribution in [2.24, 2.45) is 0 Å². The smallest absolute Gasteiger partial charge is 0.405 e. The lowest BCUT2D eigenvalue weighted by Crippen LogP contribution is -2.39. The topological polar surface area (TPSA) is 63.7 Å². The first kappa shape index (κ1) is 21.7. The monoisotopic (exact) mass is 419 g/mol. The first-order valence-electron chi connectivity index (χ1n) is 8.00. The summed E-state index contributed by atoms with van der Waals surface area (Å²) >= 11 is 0. The number of sulfone groups is 1. The molecule has 0 saturated heterocycles. The van der Waals surface area contributed by atoms with Gasteiger partial charge in [-0.3, -0.25) is 4.79 Å². The van der Waals surface area contributed by atoms with Crippen LogP contribution >= 0.6 is 0 Å². The van der Waals surface area contributed by atoms with Gasteiger partial charge >= 0.3 is 6.36 Å². The lowest BCUT2D eigenvalue weighted by Gasteiger charge is -2.23. The highest BCUT2D eigenvalue weighted by Crippen LogP contribution is 2.27. The molecule has 2 aromatic carbocycles. The number of nitrogens with zero attached hydrogens (tertiary/aromatic N) is 1. The summed E-state index contributed by atoms with van der Waals surface area (Å²) in [5, 5.41) is -1.52. The fourth-order valence-electron chi connectivity index (χ4n) is 2.46. The van der Waals surface area contributed by atoms with Crippen LogP contribution in [0.3, 0.4) is 0 Å². The van der Waals surface area contributed by atoms with Crippen LogP contribution in [0.5, 0.6) is 5.75 Å². The van der Waals surface area contributed by atoms with Gasteiger partial charge in [0, 0.05) is 19.2 Å². The number of para-hydroxylation sites is 1. The maximum atomic E-state index is 13.0. The molecule has 2 rings (SSSR count). The van der Waals surface area contributed by atoms with Crippen molar-refractivity contribution >= 4 is 15.7 Å². The van der Waals surface area contributed by atoms with E-state index in [4.69, 9.17) is 0 Å². The van der Waals surface area contributed by atoms with Gasteiger partial charge in [-0.25, -0.2) is 12.8 Å². The second-order valence-electron chi connectivity index (χ2n) is 5.99. The second kappa shape index (κ2) is 8.17. The van der Waals surface area contributed by atoms with Gasteiger partial charge in [0.2, 0.25) is 5.91 Å². The van der Waals surface area contributed by atoms with E-state index in [1.54, 1.807) is 0 Å². The molecule has 1 amide bonds. The van der Waals surface area contributed by atoms with Gasteiger partial charge in [-0.1, -0.05) is 18.2 Å². The van der Waals surface area contributed by atoms with E-state index in [2.05, 4.69) is 4.74 Å². The van der Waals surface area contributed by atoms with Crippen LogP contribution in [0.15, 0.2) is 53.4 Å². The summed E-state index contributed by atoms with van der Waals surface area (Å²) in [4.78, 5) is 13.3. The molecule has 0 saturated carbocycles. The van der Waals surface area contributed by atoms with Crippen LogP contribution in [0.25, 0.3) is 0 Å². The summed E-state index contributed by atoms with van der Waals surface area (Å²) in [6, 6.07) is 9.24. The van der Waals surface area contributed by atoms with Gasteiger partial charge in [0.05, 0.1) is 4.90 Å². The average molecular weight is 419 g/mol. The number of benzene rings is 2. The van der Waals surface area contributed by atoms with E-state index >= 15 is 0 Å². The summed E-state index contributed by atoms with van der Waals surface area (Å²) in [6.07, 6.45) is -4.90. The number of ether oxygens (including phenoxy) is 1. The van der Waals surface area contributed by atoms with Crippen LogP contribution in [0.4, 0.5) is 17.6 Å². The molecule has 0 aliphatic rings. The summed E-state index contributed by atoms with van der Waals surface area (Å²) in [5.74, 6) is -1.94. The van der Waals surface area contributed by atoms with Crippen LogP contribution < -0.4 is 4.74 Å². The Morgan fingerprint density at radius 1 is 1.11 bits per heavy atom. The minimum atomic E-state index is -4.90. The van der Waals surface area contributed by atoms with Crippen molar-refractivity contribution < 1.29 is 35.5 Å². The molecule has 0 spiro atoms. The van der Waals surface area contributed by atoms with Crippen molar-refractivity contribution in [3.8, 4) is 5.75 Å². The molecule has 1 atom stereocenters. The SMILES string of the molecule is CC(C(=O)N(C)Cc1ccccc1OC(F)(F)F)S(=O)(=O)c1ccc(F)cc1. The molecule has 0 bridgehead atoms. The Hall–Kier alpha value is -2.62. The fraction of sp³-hybridized carbons (Fsp3) is 0.278. The number of halogens is 4. The zero-order valence-electron chi connectivity index (χ0n) is 14.9. The Morgan fingerprint density at radius 3 is 2.25 bits per heavy atom. The Kier molecular flexibility index (Phi) is 6.33. The molecule has 0 heterocycles. The molecule has 5 nitrogen and oxygen atoms in total. The molecular formula is C18H17F4NO4S. The van der Waals surface area contributed by atoms with E-state index in [9.17, 15) is 30.8 Å². The zero-order chi connectivity index (χ0) is 21.1. The molecular weight excluding hydrogens is 402 g/mol. The molecule has 0 N–H and O–H groups in total. The third-order valence-electron chi connectivity index (χ3n) is 3.94. The Balaban J connectivity index is 2.20. The van der Waals surface area contributed by atoms with Crippen LogP contribution in [-0.2, 0) is 21.2 Å². The minimum Gasteiger partial charge on any atom is -0.405 e. The molecule has 0 radical (unpaired) electrons. The van der Waals surface area contributed by atoms with Crippen LogP contribution in [0.2, 0.25) is 0 Å². The lowest BCUT2D eigenvalue weighted by atomic mass is 10.2. The Bertz CT molecular complexity index is 943. The predicted octanol–water partition coefficient (Wildman–Crippen LogP) is 3.55. The summed E-state index contributed by atoms with van der Waals surface area (Å²) in [7, 11) is -2.83. The van der Waals surface area contributed by atoms with Gasteiger partial charge < -0.3 is 9.64 Å². The third-order valence-corrected chi connectivity index (χ3v) is 6.00. The number of rotatable bonds is 6. The number of amides is 1. The standard InChI is InChI=1S/C18H17F4NO4S/c1-12(28(25,26)15-9-7-14(19)8-10-15)17(24)23(2)11-13-5-3-4-6-16(13)27-18(20,21)22/h3-10,12H,11H2,1-2H3. The normalized spacial score (nSPS) is 13.1. The van der Waals surface area contributed by atoms with E-state index < -0.39 is 38.9 Å². The highest BCUT2D eigenvalue weighted by atomic mass is 32.2. The van der Waals surface area contributed by atoms with Gasteiger partial charge in [-0.05, 0) is 37.3 Å². The minimum absolute atomic E-state index is 0.0575. The first-order chi connectivity index (χ1) is 12.9. The first-order valence-corrected chi connectivity index (χ1v) is 9.54. The van der Waals surface area contributed by atoms with Gasteiger partial charge in [0.1, 0.15) is 16.8 Å². The Labute approximate surface area is 159 Å². The number of carbonyl (C=O) groups excluding carboxylic acids is 1. The van der Waals surface area contributed by atoms with Gasteiger partial charge in [-0.15, -0.1) is 13.2 Å². The van der Waals surface area contributed by atoms with E-state index in [1.807, 2.05) is 0 Å². The van der Waals surface area contributed by atoms with Gasteiger partial charge in [-0.2, -0.15) is 0 Å². The number of hydrogen-bond acceptors (Lipinski definition) is 4. The molecule has 152 valence electrons. The molecule has 0 fully saturated rings. The van der Waals surface area contributed by atoms with Crippen LogP contribution in [0, 0.1) is 5.82 Å². The molecule has 0 aliphatic carbocycles. The maximum Gasteiger partial charge on any atom is 0.573 e. The summed E-state index contributed by atoms with van der Waals surface area (Å²) < 4.78 is 79.6. The van der Waals surface area contributed by atoms with Crippen molar-refractivity contribution in [3.05, 3.63) is 59.9 Å². The summed E-state index contributed by atoms with van der Waals surface area (Å²) in [5.41, 5.74) is 0.0575. The van der Waals surface area contributed by atoms with E-state index in [-0.39, 0.29) is 17.0 Å². The van der Waals surface area contributed by atoms with Crippen LogP contribution in [-0.4, -0.2) is 37.9 Å². The van der Waals surface area contributed by atoms with Crippen molar-refractivity contribution in [3.63, 3.8) is 0 Å². The predicted molar refractivity (Wildman–Crippen MR) is 92.6 cm³/mol. The fourth-order valence-corrected chi connectivity index (χ4v) is 3.83.